The highest BCUT2D eigenvalue weighted by Crippen LogP contribution is 2.04. The fourth-order valence-electron chi connectivity index (χ4n) is 1.08. The molecule has 12 heavy (non-hydrogen) atoms. The van der Waals surface area contributed by atoms with Crippen LogP contribution >= 0.6 is 12.6 Å². The van der Waals surface area contributed by atoms with Crippen molar-refractivity contribution >= 4 is 18.5 Å². The van der Waals surface area contributed by atoms with Gasteiger partial charge in [-0.25, -0.2) is 0 Å². The monoisotopic (exact) mass is 189 g/mol. The van der Waals surface area contributed by atoms with E-state index in [1.807, 2.05) is 18.7 Å². The molecule has 3 heteroatoms. The van der Waals surface area contributed by atoms with E-state index in [-0.39, 0.29) is 11.2 Å². The second-order valence-electron chi connectivity index (χ2n) is 3.45. The molecule has 0 rings (SSSR count). The van der Waals surface area contributed by atoms with Gasteiger partial charge in [0.1, 0.15) is 0 Å². The molecule has 0 saturated heterocycles. The number of thiol groups is 1. The molecule has 1 amide bonds. The molecule has 0 aliphatic heterocycles. The number of nitrogens with zero attached hydrogens (tertiary/aromatic N) is 1. The Morgan fingerprint density at radius 1 is 1.42 bits per heavy atom. The maximum atomic E-state index is 11.5. The summed E-state index contributed by atoms with van der Waals surface area (Å²) in [5.74, 6) is 0.663. The second kappa shape index (κ2) is 5.46. The third kappa shape index (κ3) is 4.00. The molecule has 0 aromatic carbocycles. The first kappa shape index (κ1) is 11.8. The minimum Gasteiger partial charge on any atom is -0.342 e. The van der Waals surface area contributed by atoms with Gasteiger partial charge in [-0.3, -0.25) is 4.79 Å². The normalized spacial score (nSPS) is 13.2. The largest absolute Gasteiger partial charge is 0.342 e. The van der Waals surface area contributed by atoms with Gasteiger partial charge in [-0.2, -0.15) is 12.6 Å². The number of hydrogen-bond acceptors (Lipinski definition) is 2. The Morgan fingerprint density at radius 2 is 1.92 bits per heavy atom. The van der Waals surface area contributed by atoms with Gasteiger partial charge in [-0.15, -0.1) is 0 Å². The molecule has 1 unspecified atom stereocenters. The van der Waals surface area contributed by atoms with Crippen molar-refractivity contribution in [1.29, 1.82) is 0 Å². The van der Waals surface area contributed by atoms with Gasteiger partial charge in [0.2, 0.25) is 5.91 Å². The second-order valence-corrected chi connectivity index (χ2v) is 4.22. The van der Waals surface area contributed by atoms with Crippen molar-refractivity contribution in [2.24, 2.45) is 5.92 Å². The topological polar surface area (TPSA) is 20.3 Å². The highest BCUT2D eigenvalue weighted by atomic mass is 32.1. The Bertz CT molecular complexity index is 145. The van der Waals surface area contributed by atoms with E-state index < -0.39 is 0 Å². The zero-order chi connectivity index (χ0) is 9.72. The van der Waals surface area contributed by atoms with Crippen molar-refractivity contribution in [3.63, 3.8) is 0 Å². The fraction of sp³-hybridized carbons (Fsp3) is 0.889. The predicted octanol–water partition coefficient (Wildman–Crippen LogP) is 1.81. The number of carbonyl (C=O) groups is 1. The lowest BCUT2D eigenvalue weighted by Crippen LogP contribution is -2.38. The Labute approximate surface area is 80.7 Å². The number of rotatable bonds is 4. The Hall–Kier alpha value is -0.180. The van der Waals surface area contributed by atoms with E-state index in [9.17, 15) is 4.79 Å². The van der Waals surface area contributed by atoms with Crippen molar-refractivity contribution in [3.05, 3.63) is 0 Å². The van der Waals surface area contributed by atoms with Gasteiger partial charge >= 0.3 is 0 Å². The summed E-state index contributed by atoms with van der Waals surface area (Å²) in [4.78, 5) is 13.3. The van der Waals surface area contributed by atoms with Crippen LogP contribution in [0.5, 0.6) is 0 Å². The van der Waals surface area contributed by atoms with Crippen LogP contribution in [-0.2, 0) is 4.79 Å². The van der Waals surface area contributed by atoms with Gasteiger partial charge in [0.15, 0.2) is 0 Å². The van der Waals surface area contributed by atoms with Crippen molar-refractivity contribution in [1.82, 2.24) is 4.90 Å². The van der Waals surface area contributed by atoms with E-state index in [2.05, 4.69) is 26.5 Å². The van der Waals surface area contributed by atoms with Gasteiger partial charge in [0.05, 0.1) is 5.25 Å². The van der Waals surface area contributed by atoms with Crippen LogP contribution < -0.4 is 0 Å². The first-order valence-corrected chi connectivity index (χ1v) is 4.97. The van der Waals surface area contributed by atoms with E-state index in [1.165, 1.54) is 0 Å². The number of carbonyl (C=O) groups excluding carboxylic acids is 1. The van der Waals surface area contributed by atoms with Crippen molar-refractivity contribution < 1.29 is 4.79 Å². The lowest BCUT2D eigenvalue weighted by molar-refractivity contribution is -0.130. The van der Waals surface area contributed by atoms with Crippen LogP contribution in [0.15, 0.2) is 0 Å². The standard InChI is InChI=1S/C9H19NOS/c1-5-10(6-7(2)3)9(11)8(4)12/h7-8,12H,5-6H2,1-4H3. The highest BCUT2D eigenvalue weighted by molar-refractivity contribution is 7.81. The highest BCUT2D eigenvalue weighted by Gasteiger charge is 2.16. The summed E-state index contributed by atoms with van der Waals surface area (Å²) in [6.07, 6.45) is 0. The maximum Gasteiger partial charge on any atom is 0.235 e. The van der Waals surface area contributed by atoms with E-state index in [4.69, 9.17) is 0 Å². The number of amides is 1. The Morgan fingerprint density at radius 3 is 2.17 bits per heavy atom. The molecule has 0 heterocycles. The first-order chi connectivity index (χ1) is 5.49. The first-order valence-electron chi connectivity index (χ1n) is 4.45. The van der Waals surface area contributed by atoms with Gasteiger partial charge in [-0.1, -0.05) is 13.8 Å². The molecule has 72 valence electrons. The van der Waals surface area contributed by atoms with Crippen LogP contribution in [0.1, 0.15) is 27.7 Å². The van der Waals surface area contributed by atoms with E-state index in [1.54, 1.807) is 0 Å². The molecule has 0 bridgehead atoms. The van der Waals surface area contributed by atoms with E-state index in [0.717, 1.165) is 13.1 Å². The number of hydrogen-bond donors (Lipinski definition) is 1. The fourth-order valence-corrected chi connectivity index (χ4v) is 1.24. The van der Waals surface area contributed by atoms with Crippen LogP contribution in [0.2, 0.25) is 0 Å². The van der Waals surface area contributed by atoms with Gasteiger partial charge in [-0.05, 0) is 19.8 Å². The molecular formula is C9H19NOS. The molecular weight excluding hydrogens is 170 g/mol. The minimum atomic E-state index is -0.177. The van der Waals surface area contributed by atoms with Crippen molar-refractivity contribution in [2.75, 3.05) is 13.1 Å². The van der Waals surface area contributed by atoms with Gasteiger partial charge < -0.3 is 4.90 Å². The molecule has 0 N–H and O–H groups in total. The summed E-state index contributed by atoms with van der Waals surface area (Å²) in [5.41, 5.74) is 0. The van der Waals surface area contributed by atoms with Crippen LogP contribution in [0.3, 0.4) is 0 Å². The zero-order valence-corrected chi connectivity index (χ0v) is 9.27. The van der Waals surface area contributed by atoms with Crippen LogP contribution in [0.25, 0.3) is 0 Å². The molecule has 0 fully saturated rings. The lowest BCUT2D eigenvalue weighted by Gasteiger charge is -2.24. The third-order valence-corrected chi connectivity index (χ3v) is 1.86. The van der Waals surface area contributed by atoms with Crippen molar-refractivity contribution in [3.8, 4) is 0 Å². The molecule has 1 atom stereocenters. The van der Waals surface area contributed by atoms with Crippen LogP contribution in [0, 0.1) is 5.92 Å². The summed E-state index contributed by atoms with van der Waals surface area (Å²) in [6.45, 7) is 9.64. The molecule has 0 aliphatic rings. The zero-order valence-electron chi connectivity index (χ0n) is 8.37. The minimum absolute atomic E-state index is 0.134. The predicted molar refractivity (Wildman–Crippen MR) is 55.5 cm³/mol. The summed E-state index contributed by atoms with van der Waals surface area (Å²) >= 11 is 4.12. The molecule has 0 spiro atoms. The third-order valence-electron chi connectivity index (χ3n) is 1.64. The average molecular weight is 189 g/mol. The molecule has 0 aliphatic carbocycles. The maximum absolute atomic E-state index is 11.5. The van der Waals surface area contributed by atoms with Crippen LogP contribution in [0.4, 0.5) is 0 Å². The lowest BCUT2D eigenvalue weighted by atomic mass is 10.2. The van der Waals surface area contributed by atoms with Crippen molar-refractivity contribution in [2.45, 2.75) is 32.9 Å². The summed E-state index contributed by atoms with van der Waals surface area (Å²) in [5, 5.41) is -0.177. The molecule has 0 aromatic rings. The van der Waals surface area contributed by atoms with E-state index in [0.29, 0.717) is 5.92 Å². The molecule has 0 aromatic heterocycles. The van der Waals surface area contributed by atoms with Gasteiger partial charge in [0.25, 0.3) is 0 Å². The summed E-state index contributed by atoms with van der Waals surface area (Å²) in [7, 11) is 0. The Balaban J connectivity index is 4.06. The smallest absolute Gasteiger partial charge is 0.235 e. The van der Waals surface area contributed by atoms with Crippen LogP contribution in [-0.4, -0.2) is 29.1 Å². The van der Waals surface area contributed by atoms with Gasteiger partial charge in [0, 0.05) is 13.1 Å². The van der Waals surface area contributed by atoms with E-state index >= 15 is 0 Å². The summed E-state index contributed by atoms with van der Waals surface area (Å²) in [6, 6.07) is 0. The quantitative estimate of drug-likeness (QED) is 0.669. The molecule has 2 nitrogen and oxygen atoms in total. The SMILES string of the molecule is CCN(CC(C)C)C(=O)C(C)S. The average Bonchev–Trinajstić information content (AvgIpc) is 1.98. The summed E-state index contributed by atoms with van der Waals surface area (Å²) < 4.78 is 0. The Kier molecular flexibility index (Phi) is 5.38. The molecule has 0 radical (unpaired) electrons. The molecule has 0 saturated carbocycles.